The zero-order valence-electron chi connectivity index (χ0n) is 6.61. The lowest BCUT2D eigenvalue weighted by Crippen LogP contribution is -1.87. The molecule has 0 fully saturated rings. The van der Waals surface area contributed by atoms with Crippen molar-refractivity contribution in [1.29, 1.82) is 0 Å². The summed E-state index contributed by atoms with van der Waals surface area (Å²) >= 11 is 5.28. The minimum atomic E-state index is 0. The molecule has 0 atom stereocenters. The zero-order valence-corrected chi connectivity index (χ0v) is 8.18. The molecule has 0 spiro atoms. The molecule has 0 amide bonds. The van der Waals surface area contributed by atoms with Crippen LogP contribution in [-0.2, 0) is 6.42 Å². The first-order chi connectivity index (χ1) is 5.43. The third kappa shape index (κ3) is 4.37. The van der Waals surface area contributed by atoms with E-state index in [1.54, 1.807) is 0 Å². The summed E-state index contributed by atoms with van der Waals surface area (Å²) in [6, 6.07) is 10.2. The summed E-state index contributed by atoms with van der Waals surface area (Å²) in [6.45, 7) is 0.771. The third-order valence-electron chi connectivity index (χ3n) is 1.44. The fourth-order valence-corrected chi connectivity index (χ4v) is 0.985. The maximum absolute atomic E-state index is 5.28. The number of nitrogens with zero attached hydrogens (tertiary/aromatic N) is 1. The Hall–Kier alpha value is -0.530. The standard InChI is InChI=1S/C9H10ClN.ClH/c10-8-11-7-6-9-4-2-1-3-5-9;/h1-5,8H,6-7H2;1H. The average Bonchev–Trinajstić information content (AvgIpc) is 2.07. The lowest BCUT2D eigenvalue weighted by Gasteiger charge is -1.94. The lowest BCUT2D eigenvalue weighted by atomic mass is 10.2. The summed E-state index contributed by atoms with van der Waals surface area (Å²) in [5.74, 6) is 0. The smallest absolute Gasteiger partial charge is 0.0871 e. The second kappa shape index (κ2) is 7.14. The highest BCUT2D eigenvalue weighted by Crippen LogP contribution is 1.98. The van der Waals surface area contributed by atoms with Crippen LogP contribution in [0.2, 0.25) is 0 Å². The van der Waals surface area contributed by atoms with E-state index in [9.17, 15) is 0 Å². The molecule has 0 aromatic heterocycles. The molecule has 1 aromatic rings. The topological polar surface area (TPSA) is 12.4 Å². The van der Waals surface area contributed by atoms with Gasteiger partial charge in [0.1, 0.15) is 0 Å². The molecule has 0 aliphatic heterocycles. The summed E-state index contributed by atoms with van der Waals surface area (Å²) < 4.78 is 0. The zero-order chi connectivity index (χ0) is 7.94. The SMILES string of the molecule is Cl.ClC=NCCc1ccccc1. The van der Waals surface area contributed by atoms with Gasteiger partial charge < -0.3 is 0 Å². The number of benzene rings is 1. The molecule has 3 heteroatoms. The van der Waals surface area contributed by atoms with Crippen LogP contribution in [0.5, 0.6) is 0 Å². The molecule has 1 rings (SSSR count). The number of rotatable bonds is 3. The molecule has 0 bridgehead atoms. The van der Waals surface area contributed by atoms with Crippen molar-refractivity contribution in [2.24, 2.45) is 4.99 Å². The summed E-state index contributed by atoms with van der Waals surface area (Å²) in [6.07, 6.45) is 0.962. The third-order valence-corrected chi connectivity index (χ3v) is 1.58. The summed E-state index contributed by atoms with van der Waals surface area (Å²) in [4.78, 5) is 3.91. The predicted octanol–water partition coefficient (Wildman–Crippen LogP) is 2.92. The molecular weight excluding hydrogens is 193 g/mol. The van der Waals surface area contributed by atoms with Crippen molar-refractivity contribution in [3.05, 3.63) is 35.9 Å². The lowest BCUT2D eigenvalue weighted by molar-refractivity contribution is 0.976. The molecule has 0 saturated heterocycles. The predicted molar refractivity (Wildman–Crippen MR) is 56.6 cm³/mol. The molecular formula is C9H11Cl2N. The Morgan fingerprint density at radius 2 is 1.92 bits per heavy atom. The van der Waals surface area contributed by atoms with Crippen molar-refractivity contribution in [1.82, 2.24) is 0 Å². The van der Waals surface area contributed by atoms with Gasteiger partial charge in [-0.1, -0.05) is 41.9 Å². The van der Waals surface area contributed by atoms with Crippen LogP contribution in [0.4, 0.5) is 0 Å². The van der Waals surface area contributed by atoms with Gasteiger partial charge in [-0.25, -0.2) is 0 Å². The Labute approximate surface area is 83.9 Å². The Bertz CT molecular complexity index is 221. The molecule has 0 aliphatic carbocycles. The van der Waals surface area contributed by atoms with E-state index in [4.69, 9.17) is 11.6 Å². The van der Waals surface area contributed by atoms with Crippen molar-refractivity contribution in [2.45, 2.75) is 6.42 Å². The molecule has 0 radical (unpaired) electrons. The first kappa shape index (κ1) is 11.5. The van der Waals surface area contributed by atoms with E-state index in [-0.39, 0.29) is 12.4 Å². The first-order valence-electron chi connectivity index (χ1n) is 3.56. The Kier molecular flexibility index (Phi) is 6.82. The van der Waals surface area contributed by atoms with Crippen LogP contribution < -0.4 is 0 Å². The second-order valence-electron chi connectivity index (χ2n) is 2.24. The minimum absolute atomic E-state index is 0. The minimum Gasteiger partial charge on any atom is -0.281 e. The van der Waals surface area contributed by atoms with Crippen LogP contribution in [0.25, 0.3) is 0 Å². The highest BCUT2D eigenvalue weighted by molar-refractivity contribution is 6.56. The van der Waals surface area contributed by atoms with E-state index in [1.807, 2.05) is 18.2 Å². The highest BCUT2D eigenvalue weighted by Gasteiger charge is 1.87. The fourth-order valence-electron chi connectivity index (χ4n) is 0.887. The second-order valence-corrected chi connectivity index (χ2v) is 2.43. The molecule has 66 valence electrons. The van der Waals surface area contributed by atoms with Gasteiger partial charge in [-0.05, 0) is 12.0 Å². The van der Waals surface area contributed by atoms with E-state index < -0.39 is 0 Å². The summed E-state index contributed by atoms with van der Waals surface area (Å²) in [7, 11) is 0. The van der Waals surface area contributed by atoms with E-state index in [0.717, 1.165) is 13.0 Å². The molecule has 1 nitrogen and oxygen atoms in total. The van der Waals surface area contributed by atoms with Gasteiger partial charge in [0.25, 0.3) is 0 Å². The maximum Gasteiger partial charge on any atom is 0.0871 e. The average molecular weight is 204 g/mol. The number of hydrogen-bond acceptors (Lipinski definition) is 1. The van der Waals surface area contributed by atoms with Gasteiger partial charge in [0.2, 0.25) is 0 Å². The molecule has 0 aliphatic rings. The van der Waals surface area contributed by atoms with Gasteiger partial charge in [0, 0.05) is 6.54 Å². The Morgan fingerprint density at radius 1 is 1.25 bits per heavy atom. The summed E-state index contributed by atoms with van der Waals surface area (Å²) in [5.41, 5.74) is 2.62. The Balaban J connectivity index is 0.00000121. The maximum atomic E-state index is 5.28. The van der Waals surface area contributed by atoms with Crippen LogP contribution >= 0.6 is 24.0 Å². The van der Waals surface area contributed by atoms with Gasteiger partial charge >= 0.3 is 0 Å². The van der Waals surface area contributed by atoms with Gasteiger partial charge in [0.15, 0.2) is 0 Å². The van der Waals surface area contributed by atoms with E-state index >= 15 is 0 Å². The first-order valence-corrected chi connectivity index (χ1v) is 3.99. The number of aliphatic imine (C=N–C) groups is 1. The number of halogens is 2. The van der Waals surface area contributed by atoms with E-state index in [1.165, 1.54) is 11.2 Å². The van der Waals surface area contributed by atoms with Crippen molar-refractivity contribution in [2.75, 3.05) is 6.54 Å². The van der Waals surface area contributed by atoms with Crippen LogP contribution in [0.3, 0.4) is 0 Å². The van der Waals surface area contributed by atoms with Crippen molar-refractivity contribution in [3.8, 4) is 0 Å². The largest absolute Gasteiger partial charge is 0.281 e. The van der Waals surface area contributed by atoms with Gasteiger partial charge in [0.05, 0.1) is 5.67 Å². The van der Waals surface area contributed by atoms with Crippen molar-refractivity contribution >= 4 is 29.7 Å². The van der Waals surface area contributed by atoms with Crippen LogP contribution in [0.1, 0.15) is 5.56 Å². The Morgan fingerprint density at radius 3 is 2.50 bits per heavy atom. The van der Waals surface area contributed by atoms with Crippen LogP contribution in [0.15, 0.2) is 35.3 Å². The molecule has 0 N–H and O–H groups in total. The van der Waals surface area contributed by atoms with Gasteiger partial charge in [-0.3, -0.25) is 4.99 Å². The fraction of sp³-hybridized carbons (Fsp3) is 0.222. The highest BCUT2D eigenvalue weighted by atomic mass is 35.5. The normalized spacial score (nSPS) is 9.75. The van der Waals surface area contributed by atoms with E-state index in [0.29, 0.717) is 0 Å². The van der Waals surface area contributed by atoms with Crippen molar-refractivity contribution < 1.29 is 0 Å². The molecule has 0 saturated carbocycles. The number of hydrogen-bond donors (Lipinski definition) is 0. The molecule has 0 heterocycles. The van der Waals surface area contributed by atoms with Gasteiger partial charge in [-0.15, -0.1) is 12.4 Å². The van der Waals surface area contributed by atoms with Gasteiger partial charge in [-0.2, -0.15) is 0 Å². The van der Waals surface area contributed by atoms with Crippen LogP contribution in [0, 0.1) is 0 Å². The van der Waals surface area contributed by atoms with Crippen LogP contribution in [-0.4, -0.2) is 12.2 Å². The molecule has 12 heavy (non-hydrogen) atoms. The molecule has 1 aromatic carbocycles. The summed E-state index contributed by atoms with van der Waals surface area (Å²) in [5, 5.41) is 0. The molecule has 0 unspecified atom stereocenters. The van der Waals surface area contributed by atoms with Crippen molar-refractivity contribution in [3.63, 3.8) is 0 Å². The monoisotopic (exact) mass is 203 g/mol. The van der Waals surface area contributed by atoms with E-state index in [2.05, 4.69) is 17.1 Å². The quantitative estimate of drug-likeness (QED) is 0.671.